The molecule has 2 fully saturated rings. The van der Waals surface area contributed by atoms with Gasteiger partial charge >= 0.3 is 5.69 Å². The number of nitrogens with one attached hydrogen (secondary N) is 1. The van der Waals surface area contributed by atoms with Crippen molar-refractivity contribution in [3.8, 4) is 16.8 Å². The zero-order valence-corrected chi connectivity index (χ0v) is 28.1. The number of carbonyl (C=O) groups is 1. The highest BCUT2D eigenvalue weighted by Crippen LogP contribution is 2.29. The van der Waals surface area contributed by atoms with Crippen molar-refractivity contribution in [3.05, 3.63) is 93.0 Å². The van der Waals surface area contributed by atoms with E-state index in [1.807, 2.05) is 38.1 Å². The average molecular weight is 656 g/mol. The van der Waals surface area contributed by atoms with Gasteiger partial charge in [0.05, 0.1) is 23.3 Å². The topological polar surface area (TPSA) is 118 Å². The smallest absolute Gasteiger partial charge is 0.337 e. The summed E-state index contributed by atoms with van der Waals surface area (Å²) in [6.45, 7) is 9.13. The fourth-order valence-corrected chi connectivity index (χ4v) is 7.24. The number of pyridine rings is 1. The Morgan fingerprint density at radius 2 is 1.73 bits per heavy atom. The van der Waals surface area contributed by atoms with Crippen LogP contribution >= 0.6 is 0 Å². The number of hydrogen-bond acceptors (Lipinski definition) is 7. The first kappa shape index (κ1) is 33.7. The quantitative estimate of drug-likeness (QED) is 0.279. The van der Waals surface area contributed by atoms with E-state index in [1.54, 1.807) is 0 Å². The zero-order valence-electron chi connectivity index (χ0n) is 28.1. The van der Waals surface area contributed by atoms with E-state index in [0.29, 0.717) is 31.4 Å². The normalized spacial score (nSPS) is 20.2. The number of rotatable bonds is 9. The molecule has 0 radical (unpaired) electrons. The lowest BCUT2D eigenvalue weighted by Crippen LogP contribution is -2.51. The number of aromatic nitrogens is 3. The molecule has 1 saturated carbocycles. The molecule has 1 atom stereocenters. The predicted molar refractivity (Wildman–Crippen MR) is 187 cm³/mol. The van der Waals surface area contributed by atoms with Gasteiger partial charge in [-0.1, -0.05) is 50.2 Å². The zero-order chi connectivity index (χ0) is 33.9. The Hall–Kier alpha value is -4.19. The number of hydrogen-bond donors (Lipinski definition) is 2. The number of nitrogens with two attached hydrogens (primary N) is 1. The van der Waals surface area contributed by atoms with Gasteiger partial charge in [-0.25, -0.2) is 18.7 Å². The number of fused-ring (bicyclic) bond motifs is 1. The molecule has 2 aromatic heterocycles. The molecule has 254 valence electrons. The number of primary amides is 1. The number of amides is 1. The molecule has 1 amide bonds. The molecule has 1 saturated heterocycles. The molecular formula is C37H46FN7O3. The number of likely N-dealkylation sites (N-methyl/N-ethyl adjacent to an activating group) is 1. The maximum Gasteiger partial charge on any atom is 0.337 e. The molecule has 3 N–H and O–H groups in total. The first-order valence-corrected chi connectivity index (χ1v) is 17.1. The summed E-state index contributed by atoms with van der Waals surface area (Å²) in [7, 11) is 2.17. The van der Waals surface area contributed by atoms with Crippen LogP contribution < -0.4 is 22.3 Å². The van der Waals surface area contributed by atoms with Gasteiger partial charge in [0.1, 0.15) is 5.82 Å². The lowest BCUT2D eigenvalue weighted by molar-refractivity contribution is -0.121. The number of carbonyl (C=O) groups excluding carboxylic acids is 1. The minimum Gasteiger partial charge on any atom is -0.368 e. The summed E-state index contributed by atoms with van der Waals surface area (Å²) in [4.78, 5) is 49.1. The summed E-state index contributed by atoms with van der Waals surface area (Å²) in [6, 6.07) is 16.5. The van der Waals surface area contributed by atoms with Crippen LogP contribution in [0, 0.1) is 11.7 Å². The average Bonchev–Trinajstić information content (AvgIpc) is 3.28. The van der Waals surface area contributed by atoms with E-state index in [1.165, 1.54) is 21.1 Å². The Morgan fingerprint density at radius 3 is 2.44 bits per heavy atom. The van der Waals surface area contributed by atoms with Crippen LogP contribution in [0.3, 0.4) is 0 Å². The lowest BCUT2D eigenvalue weighted by Gasteiger charge is -2.33. The van der Waals surface area contributed by atoms with Gasteiger partial charge in [-0.3, -0.25) is 19.1 Å². The first-order valence-electron chi connectivity index (χ1n) is 17.1. The van der Waals surface area contributed by atoms with Gasteiger partial charge in [-0.2, -0.15) is 0 Å². The third-order valence-corrected chi connectivity index (χ3v) is 9.95. The summed E-state index contributed by atoms with van der Waals surface area (Å²) >= 11 is 0. The minimum absolute atomic E-state index is 0.0350. The fourth-order valence-electron chi connectivity index (χ4n) is 7.24. The lowest BCUT2D eigenvalue weighted by atomic mass is 9.89. The van der Waals surface area contributed by atoms with Crippen molar-refractivity contribution in [2.75, 3.05) is 33.2 Å². The Morgan fingerprint density at radius 1 is 0.979 bits per heavy atom. The number of benzene rings is 2. The van der Waals surface area contributed by atoms with Gasteiger partial charge < -0.3 is 16.0 Å². The van der Waals surface area contributed by atoms with E-state index in [4.69, 9.17) is 5.73 Å². The van der Waals surface area contributed by atoms with E-state index in [0.717, 1.165) is 56.1 Å². The largest absolute Gasteiger partial charge is 0.368 e. The molecule has 0 spiro atoms. The Balaban J connectivity index is 1.29. The van der Waals surface area contributed by atoms with Crippen LogP contribution in [0.15, 0.2) is 70.4 Å². The molecular weight excluding hydrogens is 609 g/mol. The summed E-state index contributed by atoms with van der Waals surface area (Å²) in [5, 5.41) is 3.42. The molecule has 0 bridgehead atoms. The molecule has 0 unspecified atom stereocenters. The van der Waals surface area contributed by atoms with Crippen molar-refractivity contribution < 1.29 is 9.18 Å². The van der Waals surface area contributed by atoms with Gasteiger partial charge in [0.2, 0.25) is 5.91 Å². The van der Waals surface area contributed by atoms with Crippen LogP contribution in [0.2, 0.25) is 0 Å². The maximum absolute atomic E-state index is 14.5. The van der Waals surface area contributed by atoms with E-state index in [-0.39, 0.29) is 29.0 Å². The molecule has 6 rings (SSSR count). The van der Waals surface area contributed by atoms with Gasteiger partial charge in [0.15, 0.2) is 5.65 Å². The van der Waals surface area contributed by atoms with E-state index in [9.17, 15) is 18.8 Å². The monoisotopic (exact) mass is 655 g/mol. The predicted octanol–water partition coefficient (Wildman–Crippen LogP) is 4.07. The van der Waals surface area contributed by atoms with Crippen molar-refractivity contribution in [2.24, 2.45) is 11.7 Å². The number of halogens is 1. The Labute approximate surface area is 280 Å². The summed E-state index contributed by atoms with van der Waals surface area (Å²) in [5.41, 5.74) is 8.40. The van der Waals surface area contributed by atoms with Crippen molar-refractivity contribution in [1.82, 2.24) is 29.2 Å². The van der Waals surface area contributed by atoms with Crippen LogP contribution in [0.1, 0.15) is 57.6 Å². The van der Waals surface area contributed by atoms with E-state index >= 15 is 0 Å². The summed E-state index contributed by atoms with van der Waals surface area (Å²) in [5.74, 6) is -0.996. The van der Waals surface area contributed by atoms with Crippen molar-refractivity contribution in [3.63, 3.8) is 0 Å². The maximum atomic E-state index is 14.5. The van der Waals surface area contributed by atoms with Gasteiger partial charge in [0.25, 0.3) is 5.56 Å². The van der Waals surface area contributed by atoms with Gasteiger partial charge in [0, 0.05) is 31.7 Å². The minimum atomic E-state index is -0.642. The van der Waals surface area contributed by atoms with E-state index < -0.39 is 29.0 Å². The summed E-state index contributed by atoms with van der Waals surface area (Å²) < 4.78 is 17.2. The van der Waals surface area contributed by atoms with Gasteiger partial charge in [-0.15, -0.1) is 0 Å². The highest BCUT2D eigenvalue weighted by atomic mass is 19.1. The van der Waals surface area contributed by atoms with Crippen LogP contribution in [0.25, 0.3) is 27.8 Å². The second kappa shape index (κ2) is 14.5. The SMILES string of the molecule is CC(C)[C@H](N[C@H]1CC[C@@H](n2c(=O)c3cc(F)cnc3n(-c3cccc(-c4ccc(CN5CCCN(C)CC5)cc4)c3)c2=O)CC1)C(N)=O. The molecule has 48 heavy (non-hydrogen) atoms. The molecule has 4 aromatic rings. The highest BCUT2D eigenvalue weighted by Gasteiger charge is 2.30. The van der Waals surface area contributed by atoms with Crippen molar-refractivity contribution in [1.29, 1.82) is 0 Å². The third-order valence-electron chi connectivity index (χ3n) is 9.95. The summed E-state index contributed by atoms with van der Waals surface area (Å²) in [6.07, 6.45) is 4.61. The van der Waals surface area contributed by atoms with Gasteiger partial charge in [-0.05, 0) is 93.0 Å². The molecule has 11 heteroatoms. The second-order valence-electron chi connectivity index (χ2n) is 13.8. The van der Waals surface area contributed by atoms with Crippen LogP contribution in [-0.2, 0) is 11.3 Å². The van der Waals surface area contributed by atoms with Crippen LogP contribution in [-0.4, -0.2) is 75.1 Å². The molecule has 3 heterocycles. The second-order valence-corrected chi connectivity index (χ2v) is 13.8. The molecule has 2 aliphatic rings. The molecule has 1 aliphatic heterocycles. The third kappa shape index (κ3) is 7.28. The standard InChI is InChI=1S/C37H46FN7O3/c1-24(2)33(34(39)46)41-29-12-14-30(15-13-29)45-36(47)32-21-28(38)22-40-35(32)44(37(45)48)31-7-4-6-27(20-31)26-10-8-25(9-11-26)23-43-17-5-16-42(3)18-19-43/h4,6-11,20-22,24,29-30,33,41H,5,12-19,23H2,1-3H3,(H2,39,46)/t29-,30+,33-/m0/s1. The number of nitrogens with zero attached hydrogens (tertiary/aromatic N) is 5. The molecule has 2 aromatic carbocycles. The highest BCUT2D eigenvalue weighted by molar-refractivity contribution is 5.80. The molecule has 1 aliphatic carbocycles. The van der Waals surface area contributed by atoms with Crippen molar-refractivity contribution in [2.45, 2.75) is 70.6 Å². The van der Waals surface area contributed by atoms with Crippen LogP contribution in [0.5, 0.6) is 0 Å². The van der Waals surface area contributed by atoms with Crippen molar-refractivity contribution >= 4 is 16.9 Å². The van der Waals surface area contributed by atoms with E-state index in [2.05, 4.69) is 51.4 Å². The fraction of sp³-hybridized carbons (Fsp3) is 0.459. The first-order chi connectivity index (χ1) is 23.1. The Bertz CT molecular complexity index is 1880. The molecule has 10 nitrogen and oxygen atoms in total. The Kier molecular flexibility index (Phi) is 10.2. The van der Waals surface area contributed by atoms with Crippen LogP contribution in [0.4, 0.5) is 4.39 Å².